The molecule has 0 saturated carbocycles. The highest BCUT2D eigenvalue weighted by Crippen LogP contribution is 2.15. The van der Waals surface area contributed by atoms with Crippen molar-refractivity contribution in [2.24, 2.45) is 11.7 Å². The third-order valence-electron chi connectivity index (χ3n) is 2.18. The summed E-state index contributed by atoms with van der Waals surface area (Å²) in [6.07, 6.45) is 2.02. The van der Waals surface area contributed by atoms with Crippen molar-refractivity contribution in [3.8, 4) is 0 Å². The van der Waals surface area contributed by atoms with Crippen LogP contribution in [0.25, 0.3) is 0 Å². The summed E-state index contributed by atoms with van der Waals surface area (Å²) in [6, 6.07) is 0. The maximum atomic E-state index is 8.83. The molecule has 3 N–H and O–H groups in total. The molecule has 0 unspecified atom stereocenters. The van der Waals surface area contributed by atoms with Gasteiger partial charge in [0.2, 0.25) is 0 Å². The predicted molar refractivity (Wildman–Crippen MR) is 48.2 cm³/mol. The van der Waals surface area contributed by atoms with E-state index in [4.69, 9.17) is 23.1 Å². The second-order valence-electron chi connectivity index (χ2n) is 2.95. The van der Waals surface area contributed by atoms with E-state index in [9.17, 15) is 0 Å². The lowest BCUT2D eigenvalue weighted by molar-refractivity contribution is 0.167. The third-order valence-corrected chi connectivity index (χ3v) is 2.44. The van der Waals surface area contributed by atoms with Crippen molar-refractivity contribution in [2.75, 3.05) is 19.7 Å². The minimum Gasteiger partial charge on any atom is -0.396 e. The number of piperidine rings is 1. The van der Waals surface area contributed by atoms with Crippen LogP contribution in [0, 0.1) is 5.92 Å². The molecule has 64 valence electrons. The monoisotopic (exact) mass is 174 g/mol. The number of rotatable bonds is 1. The second kappa shape index (κ2) is 3.88. The Morgan fingerprint density at radius 1 is 1.55 bits per heavy atom. The molecule has 1 aliphatic heterocycles. The summed E-state index contributed by atoms with van der Waals surface area (Å²) < 4.78 is 0. The molecule has 0 aromatic rings. The van der Waals surface area contributed by atoms with Crippen LogP contribution in [0.15, 0.2) is 0 Å². The first kappa shape index (κ1) is 8.74. The minimum atomic E-state index is 0.297. The fraction of sp³-hybridized carbons (Fsp3) is 0.857. The van der Waals surface area contributed by atoms with Gasteiger partial charge in [0.1, 0.15) is 0 Å². The Labute approximate surface area is 72.2 Å². The van der Waals surface area contributed by atoms with Gasteiger partial charge in [-0.15, -0.1) is 0 Å². The molecular weight excluding hydrogens is 160 g/mol. The maximum Gasteiger partial charge on any atom is 0.166 e. The molecule has 0 atom stereocenters. The van der Waals surface area contributed by atoms with Crippen LogP contribution in [0.4, 0.5) is 0 Å². The lowest BCUT2D eigenvalue weighted by atomic mass is 9.98. The zero-order valence-electron chi connectivity index (χ0n) is 6.49. The average molecular weight is 174 g/mol. The van der Waals surface area contributed by atoms with Crippen LogP contribution in [0.1, 0.15) is 12.8 Å². The van der Waals surface area contributed by atoms with E-state index in [2.05, 4.69) is 0 Å². The van der Waals surface area contributed by atoms with Crippen molar-refractivity contribution < 1.29 is 5.11 Å². The molecule has 3 nitrogen and oxygen atoms in total. The number of hydrogen-bond donors (Lipinski definition) is 2. The number of thiocarbonyl (C=S) groups is 1. The summed E-state index contributed by atoms with van der Waals surface area (Å²) >= 11 is 4.83. The van der Waals surface area contributed by atoms with E-state index in [1.165, 1.54) is 0 Å². The molecule has 11 heavy (non-hydrogen) atoms. The van der Waals surface area contributed by atoms with Gasteiger partial charge in [-0.1, -0.05) is 0 Å². The van der Waals surface area contributed by atoms with Crippen LogP contribution >= 0.6 is 12.2 Å². The van der Waals surface area contributed by atoms with Gasteiger partial charge in [0.25, 0.3) is 0 Å². The fourth-order valence-corrected chi connectivity index (χ4v) is 1.52. The Kier molecular flexibility index (Phi) is 3.08. The number of aliphatic hydroxyl groups excluding tert-OH is 1. The van der Waals surface area contributed by atoms with Crippen LogP contribution in [0.2, 0.25) is 0 Å². The predicted octanol–water partition coefficient (Wildman–Crippen LogP) is -0.0657. The summed E-state index contributed by atoms with van der Waals surface area (Å²) in [6.45, 7) is 2.10. The number of likely N-dealkylation sites (tertiary alicyclic amines) is 1. The zero-order valence-corrected chi connectivity index (χ0v) is 7.31. The standard InChI is InChI=1S/C7H14N2OS/c8-7(11)9-3-1-6(5-10)2-4-9/h6,10H,1-5H2,(H2,8,11). The Morgan fingerprint density at radius 2 is 2.09 bits per heavy atom. The second-order valence-corrected chi connectivity index (χ2v) is 3.37. The summed E-state index contributed by atoms with van der Waals surface area (Å²) in [4.78, 5) is 1.99. The lowest BCUT2D eigenvalue weighted by Gasteiger charge is -2.31. The number of nitrogens with two attached hydrogens (primary N) is 1. The number of aliphatic hydroxyl groups is 1. The van der Waals surface area contributed by atoms with Gasteiger partial charge in [0, 0.05) is 19.7 Å². The summed E-state index contributed by atoms with van der Waals surface area (Å²) in [5.41, 5.74) is 5.45. The SMILES string of the molecule is NC(=S)N1CCC(CO)CC1. The molecular formula is C7H14N2OS. The van der Waals surface area contributed by atoms with Gasteiger partial charge in [0.15, 0.2) is 5.11 Å². The van der Waals surface area contributed by atoms with E-state index < -0.39 is 0 Å². The molecule has 0 spiro atoms. The van der Waals surface area contributed by atoms with Gasteiger partial charge < -0.3 is 15.7 Å². The first-order chi connectivity index (χ1) is 5.24. The van der Waals surface area contributed by atoms with Crippen molar-refractivity contribution in [2.45, 2.75) is 12.8 Å². The van der Waals surface area contributed by atoms with E-state index in [0.29, 0.717) is 17.6 Å². The Hall–Kier alpha value is -0.350. The highest BCUT2D eigenvalue weighted by atomic mass is 32.1. The van der Waals surface area contributed by atoms with E-state index in [1.54, 1.807) is 0 Å². The van der Waals surface area contributed by atoms with Crippen molar-refractivity contribution in [3.05, 3.63) is 0 Å². The van der Waals surface area contributed by atoms with Gasteiger partial charge in [-0.3, -0.25) is 0 Å². The van der Waals surface area contributed by atoms with E-state index in [0.717, 1.165) is 25.9 Å². The van der Waals surface area contributed by atoms with E-state index in [-0.39, 0.29) is 0 Å². The third kappa shape index (κ3) is 2.31. The average Bonchev–Trinajstić information content (AvgIpc) is 2.05. The van der Waals surface area contributed by atoms with E-state index >= 15 is 0 Å². The molecule has 0 aliphatic carbocycles. The van der Waals surface area contributed by atoms with Crippen LogP contribution in [-0.2, 0) is 0 Å². The zero-order chi connectivity index (χ0) is 8.27. The Morgan fingerprint density at radius 3 is 2.45 bits per heavy atom. The summed E-state index contributed by atoms with van der Waals surface area (Å²) in [7, 11) is 0. The molecule has 1 fully saturated rings. The van der Waals surface area contributed by atoms with Crippen LogP contribution < -0.4 is 5.73 Å². The molecule has 1 rings (SSSR count). The topological polar surface area (TPSA) is 49.5 Å². The van der Waals surface area contributed by atoms with Gasteiger partial charge in [-0.05, 0) is 31.0 Å². The van der Waals surface area contributed by atoms with Crippen molar-refractivity contribution in [3.63, 3.8) is 0 Å². The first-order valence-corrected chi connectivity index (χ1v) is 4.30. The fourth-order valence-electron chi connectivity index (χ4n) is 1.34. The molecule has 0 bridgehead atoms. The normalized spacial score (nSPS) is 20.3. The lowest BCUT2D eigenvalue weighted by Crippen LogP contribution is -2.42. The molecule has 0 amide bonds. The first-order valence-electron chi connectivity index (χ1n) is 3.89. The summed E-state index contributed by atoms with van der Waals surface area (Å²) in [5, 5.41) is 9.32. The number of hydrogen-bond acceptors (Lipinski definition) is 2. The Balaban J connectivity index is 2.30. The van der Waals surface area contributed by atoms with Crippen LogP contribution in [-0.4, -0.2) is 34.8 Å². The number of nitrogens with zero attached hydrogens (tertiary/aromatic N) is 1. The molecule has 0 aromatic heterocycles. The van der Waals surface area contributed by atoms with Gasteiger partial charge in [-0.25, -0.2) is 0 Å². The van der Waals surface area contributed by atoms with Crippen molar-refractivity contribution in [1.82, 2.24) is 4.90 Å². The quantitative estimate of drug-likeness (QED) is 0.547. The highest BCUT2D eigenvalue weighted by molar-refractivity contribution is 7.80. The molecule has 4 heteroatoms. The maximum absolute atomic E-state index is 8.83. The smallest absolute Gasteiger partial charge is 0.166 e. The Bertz CT molecular complexity index is 143. The molecule has 0 aromatic carbocycles. The molecule has 1 aliphatic rings. The van der Waals surface area contributed by atoms with Gasteiger partial charge >= 0.3 is 0 Å². The van der Waals surface area contributed by atoms with Crippen molar-refractivity contribution >= 4 is 17.3 Å². The largest absolute Gasteiger partial charge is 0.396 e. The summed E-state index contributed by atoms with van der Waals surface area (Å²) in [5.74, 6) is 0.459. The van der Waals surface area contributed by atoms with Crippen LogP contribution in [0.5, 0.6) is 0 Å². The molecule has 1 saturated heterocycles. The van der Waals surface area contributed by atoms with Crippen LogP contribution in [0.3, 0.4) is 0 Å². The molecule has 1 heterocycles. The van der Waals surface area contributed by atoms with Crippen molar-refractivity contribution in [1.29, 1.82) is 0 Å². The van der Waals surface area contributed by atoms with E-state index in [1.807, 2.05) is 4.90 Å². The minimum absolute atomic E-state index is 0.297. The highest BCUT2D eigenvalue weighted by Gasteiger charge is 2.18. The van der Waals surface area contributed by atoms with Gasteiger partial charge in [-0.2, -0.15) is 0 Å². The van der Waals surface area contributed by atoms with Gasteiger partial charge in [0.05, 0.1) is 0 Å². The molecule has 0 radical (unpaired) electrons.